The average molecular weight is 1050 g/mol. The highest BCUT2D eigenvalue weighted by molar-refractivity contribution is 7.23. The van der Waals surface area contributed by atoms with Crippen molar-refractivity contribution in [2.24, 2.45) is 11.8 Å². The molecule has 0 aromatic carbocycles. The minimum atomic E-state index is 0.0174. The van der Waals surface area contributed by atoms with Gasteiger partial charge in [-0.1, -0.05) is 196 Å². The van der Waals surface area contributed by atoms with E-state index in [4.69, 9.17) is 0 Å². The first-order valence-electron chi connectivity index (χ1n) is 29.7. The standard InChI is InChI=1S/C64H96N2O2S4/c1-9-15-19-21-23-25-27-29-31-33-37-51-43-57(69-47(51)7)53-39-41-55(71-53)61-59-60(64(68)65(61)45-49(13-5)35-17-11-3)62(66(63(59)67)46-50(14-6)36-18-12-4)56-42-40-54(72-56)58-44-52(48(8)70-58)38-34-32-30-28-26-24-22-20-16-10-2/h39-44,49-50H,9-38,45-46H2,1-8H3. The van der Waals surface area contributed by atoms with Gasteiger partial charge >= 0.3 is 0 Å². The predicted octanol–water partition coefficient (Wildman–Crippen LogP) is 21.0. The van der Waals surface area contributed by atoms with E-state index in [0.29, 0.717) is 36.1 Å². The summed E-state index contributed by atoms with van der Waals surface area (Å²) in [5.74, 6) is 0.775. The van der Waals surface area contributed by atoms with E-state index < -0.39 is 0 Å². The normalized spacial score (nSPS) is 14.8. The lowest BCUT2D eigenvalue weighted by molar-refractivity contribution is -0.124. The van der Waals surface area contributed by atoms with Gasteiger partial charge < -0.3 is 9.80 Å². The lowest BCUT2D eigenvalue weighted by Gasteiger charge is -2.29. The number of rotatable bonds is 38. The Kier molecular flexibility index (Phi) is 25.4. The third kappa shape index (κ3) is 16.1. The molecule has 2 aliphatic heterocycles. The van der Waals surface area contributed by atoms with Crippen LogP contribution in [-0.2, 0) is 22.4 Å². The fourth-order valence-corrected chi connectivity index (χ4v) is 15.6. The summed E-state index contributed by atoms with van der Waals surface area (Å²) in [6.07, 6.45) is 38.1. The maximum atomic E-state index is 15.5. The first kappa shape index (κ1) is 58.5. The molecule has 398 valence electrons. The molecule has 6 rings (SSSR count). The van der Waals surface area contributed by atoms with Crippen molar-refractivity contribution in [2.45, 2.75) is 248 Å². The third-order valence-electron chi connectivity index (χ3n) is 16.0. The number of aryl methyl sites for hydroxylation is 4. The smallest absolute Gasteiger partial charge is 0.261 e. The van der Waals surface area contributed by atoms with Gasteiger partial charge in [-0.15, -0.1) is 45.3 Å². The van der Waals surface area contributed by atoms with Crippen LogP contribution in [0.25, 0.3) is 30.9 Å². The van der Waals surface area contributed by atoms with Crippen LogP contribution in [0.5, 0.6) is 0 Å². The first-order chi connectivity index (χ1) is 35.2. The highest BCUT2D eigenvalue weighted by Gasteiger charge is 2.50. The van der Waals surface area contributed by atoms with Crippen molar-refractivity contribution in [3.8, 4) is 19.5 Å². The number of thiophene rings is 4. The predicted molar refractivity (Wildman–Crippen MR) is 320 cm³/mol. The second kappa shape index (κ2) is 31.3. The first-order valence-corrected chi connectivity index (χ1v) is 33.0. The highest BCUT2D eigenvalue weighted by Crippen LogP contribution is 2.51. The van der Waals surface area contributed by atoms with E-state index >= 15 is 9.59 Å². The van der Waals surface area contributed by atoms with Gasteiger partial charge in [0.1, 0.15) is 0 Å². The lowest BCUT2D eigenvalue weighted by Crippen LogP contribution is -2.34. The zero-order valence-corrected chi connectivity index (χ0v) is 49.9. The molecule has 4 aromatic rings. The third-order valence-corrected chi connectivity index (χ3v) is 20.7. The summed E-state index contributed by atoms with van der Waals surface area (Å²) in [5, 5.41) is 0. The minimum absolute atomic E-state index is 0.0174. The molecule has 72 heavy (non-hydrogen) atoms. The molecular weight excluding hydrogens is 957 g/mol. The van der Waals surface area contributed by atoms with Crippen LogP contribution in [0.1, 0.15) is 252 Å². The molecule has 0 saturated carbocycles. The van der Waals surface area contributed by atoms with Gasteiger partial charge in [0.2, 0.25) is 0 Å². The van der Waals surface area contributed by atoms with E-state index in [1.54, 1.807) is 22.7 Å². The molecule has 0 spiro atoms. The molecule has 2 unspecified atom stereocenters. The molecule has 0 N–H and O–H groups in total. The van der Waals surface area contributed by atoms with Crippen LogP contribution in [0.2, 0.25) is 0 Å². The Morgan fingerprint density at radius 1 is 0.389 bits per heavy atom. The molecule has 0 fully saturated rings. The van der Waals surface area contributed by atoms with E-state index in [1.165, 1.54) is 169 Å². The van der Waals surface area contributed by atoms with E-state index in [-0.39, 0.29) is 11.8 Å². The molecule has 0 bridgehead atoms. The van der Waals surface area contributed by atoms with E-state index in [9.17, 15) is 0 Å². The Morgan fingerprint density at radius 2 is 0.708 bits per heavy atom. The largest absolute Gasteiger partial charge is 0.306 e. The maximum Gasteiger partial charge on any atom is 0.261 e. The van der Waals surface area contributed by atoms with Gasteiger partial charge in [-0.25, -0.2) is 0 Å². The van der Waals surface area contributed by atoms with Crippen LogP contribution in [0, 0.1) is 25.7 Å². The number of carbonyl (C=O) groups excluding carboxylic acids is 2. The molecule has 6 heterocycles. The summed E-state index contributed by atoms with van der Waals surface area (Å²) >= 11 is 7.36. The van der Waals surface area contributed by atoms with Gasteiger partial charge in [-0.3, -0.25) is 9.59 Å². The number of hydrogen-bond donors (Lipinski definition) is 0. The van der Waals surface area contributed by atoms with Gasteiger partial charge in [0, 0.05) is 42.4 Å². The van der Waals surface area contributed by atoms with Crippen LogP contribution < -0.4 is 0 Å². The summed E-state index contributed by atoms with van der Waals surface area (Å²) in [6, 6.07) is 13.8. The molecule has 2 amide bonds. The molecular formula is C64H96N2O2S4. The van der Waals surface area contributed by atoms with Crippen molar-refractivity contribution in [2.75, 3.05) is 13.1 Å². The molecule has 2 aliphatic rings. The zero-order chi connectivity index (χ0) is 51.2. The summed E-state index contributed by atoms with van der Waals surface area (Å²) in [7, 11) is 0. The minimum Gasteiger partial charge on any atom is -0.306 e. The van der Waals surface area contributed by atoms with E-state index in [0.717, 1.165) is 85.4 Å². The van der Waals surface area contributed by atoms with E-state index in [2.05, 4.69) is 102 Å². The Morgan fingerprint density at radius 3 is 1.04 bits per heavy atom. The molecule has 4 aromatic heterocycles. The fraction of sp³-hybridized carbons (Fsp3) is 0.656. The van der Waals surface area contributed by atoms with Crippen LogP contribution in [0.4, 0.5) is 0 Å². The van der Waals surface area contributed by atoms with E-state index in [1.807, 2.05) is 22.7 Å². The maximum absolute atomic E-state index is 15.5. The average Bonchev–Trinajstić information content (AvgIpc) is 4.26. The van der Waals surface area contributed by atoms with Gasteiger partial charge in [-0.05, 0) is 112 Å². The van der Waals surface area contributed by atoms with Crippen molar-refractivity contribution in [1.29, 1.82) is 0 Å². The molecule has 8 heteroatoms. The van der Waals surface area contributed by atoms with Crippen molar-refractivity contribution in [1.82, 2.24) is 9.80 Å². The summed E-state index contributed by atoms with van der Waals surface area (Å²) in [6.45, 7) is 19.5. The van der Waals surface area contributed by atoms with Crippen LogP contribution >= 0.6 is 45.3 Å². The number of hydrogen-bond acceptors (Lipinski definition) is 6. The number of fused-ring (bicyclic) bond motifs is 1. The fourth-order valence-electron chi connectivity index (χ4n) is 11.2. The van der Waals surface area contributed by atoms with Gasteiger partial charge in [0.25, 0.3) is 11.8 Å². The number of amides is 2. The lowest BCUT2D eigenvalue weighted by atomic mass is 9.98. The second-order valence-electron chi connectivity index (χ2n) is 21.7. The van der Waals surface area contributed by atoms with Crippen molar-refractivity contribution in [3.63, 3.8) is 0 Å². The highest BCUT2D eigenvalue weighted by atomic mass is 32.1. The SMILES string of the molecule is CCCCCCCCCCCCc1cc(-c2ccc(C3=C4C(=O)N(CC(CC)CCCC)C(c5ccc(-c6cc(CCCCCCCCCCCC)c(C)s6)s5)=C4C(=O)N3CC(CC)CCCC)s2)sc1C. The quantitative estimate of drug-likeness (QED) is 0.0420. The molecule has 0 saturated heterocycles. The molecule has 2 atom stereocenters. The second-order valence-corrected chi connectivity index (χ2v) is 26.4. The van der Waals surface area contributed by atoms with Crippen molar-refractivity contribution >= 4 is 68.6 Å². The van der Waals surface area contributed by atoms with Gasteiger partial charge in [0.05, 0.1) is 32.3 Å². The number of nitrogens with zero attached hydrogens (tertiary/aromatic N) is 2. The Balaban J connectivity index is 1.27. The van der Waals surface area contributed by atoms with Crippen LogP contribution in [0.3, 0.4) is 0 Å². The monoisotopic (exact) mass is 1050 g/mol. The molecule has 0 radical (unpaired) electrons. The Hall–Kier alpha value is -2.78. The number of carbonyl (C=O) groups is 2. The zero-order valence-electron chi connectivity index (χ0n) is 46.6. The van der Waals surface area contributed by atoms with Gasteiger partial charge in [-0.2, -0.15) is 0 Å². The van der Waals surface area contributed by atoms with Crippen LogP contribution in [0.15, 0.2) is 47.5 Å². The van der Waals surface area contributed by atoms with Crippen molar-refractivity contribution < 1.29 is 9.59 Å². The summed E-state index contributed by atoms with van der Waals surface area (Å²) in [5.41, 5.74) is 5.96. The number of unbranched alkanes of at least 4 members (excludes halogenated alkanes) is 20. The Bertz CT molecular complexity index is 2160. The van der Waals surface area contributed by atoms with Crippen molar-refractivity contribution in [3.05, 3.63) is 78.2 Å². The van der Waals surface area contributed by atoms with Gasteiger partial charge in [0.15, 0.2) is 0 Å². The Labute approximate surface area is 455 Å². The molecule has 4 nitrogen and oxygen atoms in total. The summed E-state index contributed by atoms with van der Waals surface area (Å²) < 4.78 is 0. The summed E-state index contributed by atoms with van der Waals surface area (Å²) in [4.78, 5) is 45.1. The topological polar surface area (TPSA) is 40.6 Å². The molecule has 0 aliphatic carbocycles. The van der Waals surface area contributed by atoms with Crippen LogP contribution in [-0.4, -0.2) is 34.7 Å².